The Balaban J connectivity index is 3.34. The van der Waals surface area contributed by atoms with Gasteiger partial charge in [-0.3, -0.25) is 0 Å². The van der Waals surface area contributed by atoms with E-state index in [9.17, 15) is 5.11 Å². The summed E-state index contributed by atoms with van der Waals surface area (Å²) in [4.78, 5) is 9.17. The van der Waals surface area contributed by atoms with Gasteiger partial charge >= 0.3 is 0 Å². The van der Waals surface area contributed by atoms with Crippen LogP contribution in [0.1, 0.15) is 27.2 Å². The number of rotatable bonds is 4. The van der Waals surface area contributed by atoms with Crippen LogP contribution in [0.2, 0.25) is 0 Å². The van der Waals surface area contributed by atoms with Crippen LogP contribution in [0.4, 0.5) is 0 Å². The van der Waals surface area contributed by atoms with Gasteiger partial charge in [-0.2, -0.15) is 0 Å². The van der Waals surface area contributed by atoms with Gasteiger partial charge in [0.25, 0.3) is 0 Å². The maximum Gasteiger partial charge on any atom is 0.215 e. The summed E-state index contributed by atoms with van der Waals surface area (Å²) in [7, 11) is 3.12. The third-order valence-electron chi connectivity index (χ3n) is 3.37. The van der Waals surface area contributed by atoms with Gasteiger partial charge in [-0.05, 0) is 12.8 Å². The van der Waals surface area contributed by atoms with E-state index in [1.807, 2.05) is 13.8 Å². The first-order valence-electron chi connectivity index (χ1n) is 6.47. The summed E-state index contributed by atoms with van der Waals surface area (Å²) in [5.74, 6) is 1.19. The van der Waals surface area contributed by atoms with Gasteiger partial charge in [-0.15, -0.1) is 6.58 Å². The normalized spacial score (nSPS) is 28.5. The lowest BCUT2D eigenvalue weighted by molar-refractivity contribution is 0.120. The first kappa shape index (κ1) is 15.7. The molecule has 108 valence electrons. The van der Waals surface area contributed by atoms with E-state index in [1.54, 1.807) is 27.2 Å². The predicted octanol–water partition coefficient (Wildman–Crippen LogP) is 1.81. The van der Waals surface area contributed by atoms with Gasteiger partial charge in [0.15, 0.2) is 5.54 Å². The Morgan fingerprint density at radius 2 is 2.00 bits per heavy atom. The Hall–Kier alpha value is -1.36. The second-order valence-corrected chi connectivity index (χ2v) is 5.07. The fourth-order valence-electron chi connectivity index (χ4n) is 2.23. The molecule has 0 aromatic rings. The number of aliphatic hydroxyl groups excluding tert-OH is 1. The van der Waals surface area contributed by atoms with E-state index in [1.165, 1.54) is 0 Å². The highest BCUT2D eigenvalue weighted by Gasteiger charge is 2.46. The summed E-state index contributed by atoms with van der Waals surface area (Å²) in [6, 6.07) is -0.184. The highest BCUT2D eigenvalue weighted by molar-refractivity contribution is 5.97. The summed E-state index contributed by atoms with van der Waals surface area (Å²) >= 11 is 0. The van der Waals surface area contributed by atoms with Crippen molar-refractivity contribution in [3.05, 3.63) is 12.7 Å². The third-order valence-corrected chi connectivity index (χ3v) is 3.37. The fourth-order valence-corrected chi connectivity index (χ4v) is 2.23. The van der Waals surface area contributed by atoms with Gasteiger partial charge in [0.1, 0.15) is 6.04 Å². The molecule has 0 fully saturated rings. The molecule has 1 rings (SSSR count). The molecule has 5 heteroatoms. The molecule has 1 N–H and O–H groups in total. The Bertz CT molecular complexity index is 388. The molecule has 19 heavy (non-hydrogen) atoms. The van der Waals surface area contributed by atoms with Crippen LogP contribution < -0.4 is 0 Å². The number of aliphatic imine (C=N–C) groups is 2. The molecular weight excluding hydrogens is 244 g/mol. The fraction of sp³-hybridized carbons (Fsp3) is 0.714. The van der Waals surface area contributed by atoms with Crippen molar-refractivity contribution in [2.75, 3.05) is 14.2 Å². The maximum atomic E-state index is 10.1. The SMILES string of the molecule is C=CC[C@@]1(C(C)O)N=C(OC)[C@@H](C(C)C)N=C1OC. The molecule has 0 aromatic carbocycles. The summed E-state index contributed by atoms with van der Waals surface area (Å²) in [6.07, 6.45) is 1.39. The lowest BCUT2D eigenvalue weighted by Gasteiger charge is -2.37. The molecule has 1 heterocycles. The van der Waals surface area contributed by atoms with Gasteiger partial charge in [0.05, 0.1) is 20.3 Å². The van der Waals surface area contributed by atoms with Crippen molar-refractivity contribution in [2.45, 2.75) is 44.9 Å². The minimum absolute atomic E-state index is 0.184. The van der Waals surface area contributed by atoms with Crippen molar-refractivity contribution in [3.63, 3.8) is 0 Å². The Kier molecular flexibility index (Phi) is 5.11. The van der Waals surface area contributed by atoms with Crippen LogP contribution in [0.25, 0.3) is 0 Å². The lowest BCUT2D eigenvalue weighted by atomic mass is 9.87. The predicted molar refractivity (Wildman–Crippen MR) is 76.7 cm³/mol. The van der Waals surface area contributed by atoms with E-state index in [0.717, 1.165) is 0 Å². The van der Waals surface area contributed by atoms with E-state index >= 15 is 0 Å². The molecule has 1 unspecified atom stereocenters. The smallest absolute Gasteiger partial charge is 0.215 e. The standard InChI is InChI=1S/C14H24N2O3/c1-7-8-14(10(4)17)13(19-6)15-11(9(2)3)12(16-14)18-5/h7,9-11,17H,1,8H2,2-6H3/t10?,11-,14+/m1/s1. The number of hydrogen-bond acceptors (Lipinski definition) is 5. The summed E-state index contributed by atoms with van der Waals surface area (Å²) < 4.78 is 10.7. The van der Waals surface area contributed by atoms with Crippen molar-refractivity contribution in [2.24, 2.45) is 15.9 Å². The third kappa shape index (κ3) is 2.81. The van der Waals surface area contributed by atoms with E-state index in [4.69, 9.17) is 9.47 Å². The van der Waals surface area contributed by atoms with Crippen LogP contribution in [-0.4, -0.2) is 48.8 Å². The minimum Gasteiger partial charge on any atom is -0.483 e. The molecule has 1 aliphatic heterocycles. The number of aliphatic hydroxyl groups is 1. The van der Waals surface area contributed by atoms with Gasteiger partial charge in [0, 0.05) is 6.42 Å². The van der Waals surface area contributed by atoms with Crippen LogP contribution in [0.15, 0.2) is 22.6 Å². The highest BCUT2D eigenvalue weighted by Crippen LogP contribution is 2.31. The van der Waals surface area contributed by atoms with Crippen molar-refractivity contribution < 1.29 is 14.6 Å². The van der Waals surface area contributed by atoms with Gasteiger partial charge in [-0.25, -0.2) is 9.98 Å². The quantitative estimate of drug-likeness (QED) is 0.791. The van der Waals surface area contributed by atoms with Gasteiger partial charge < -0.3 is 14.6 Å². The highest BCUT2D eigenvalue weighted by atomic mass is 16.5. The topological polar surface area (TPSA) is 63.4 Å². The molecule has 0 aliphatic carbocycles. The van der Waals surface area contributed by atoms with E-state index in [-0.39, 0.29) is 12.0 Å². The Labute approximate surface area is 115 Å². The van der Waals surface area contributed by atoms with Crippen molar-refractivity contribution >= 4 is 11.8 Å². The second-order valence-electron chi connectivity index (χ2n) is 5.07. The van der Waals surface area contributed by atoms with Crippen LogP contribution in [0, 0.1) is 5.92 Å². The lowest BCUT2D eigenvalue weighted by Crippen LogP contribution is -2.52. The zero-order chi connectivity index (χ0) is 14.6. The summed E-state index contributed by atoms with van der Waals surface area (Å²) in [5, 5.41) is 10.1. The Morgan fingerprint density at radius 1 is 1.37 bits per heavy atom. The average Bonchev–Trinajstić information content (AvgIpc) is 2.37. The van der Waals surface area contributed by atoms with Gasteiger partial charge in [-0.1, -0.05) is 19.9 Å². The molecule has 5 nitrogen and oxygen atoms in total. The molecule has 0 spiro atoms. The van der Waals surface area contributed by atoms with Crippen molar-refractivity contribution in [3.8, 4) is 0 Å². The number of hydrogen-bond donors (Lipinski definition) is 1. The Morgan fingerprint density at radius 3 is 2.37 bits per heavy atom. The molecular formula is C14H24N2O3. The summed E-state index contributed by atoms with van der Waals surface area (Å²) in [6.45, 7) is 9.48. The van der Waals surface area contributed by atoms with E-state index in [0.29, 0.717) is 18.2 Å². The molecule has 0 radical (unpaired) electrons. The second kappa shape index (κ2) is 6.19. The van der Waals surface area contributed by atoms with Crippen LogP contribution in [-0.2, 0) is 9.47 Å². The van der Waals surface area contributed by atoms with E-state index in [2.05, 4.69) is 16.6 Å². The molecule has 1 aliphatic rings. The minimum atomic E-state index is -0.937. The molecule has 0 bridgehead atoms. The van der Waals surface area contributed by atoms with E-state index < -0.39 is 11.6 Å². The number of nitrogens with zero attached hydrogens (tertiary/aromatic N) is 2. The van der Waals surface area contributed by atoms with Crippen molar-refractivity contribution in [1.82, 2.24) is 0 Å². The molecule has 0 saturated heterocycles. The van der Waals surface area contributed by atoms with Crippen molar-refractivity contribution in [1.29, 1.82) is 0 Å². The first-order chi connectivity index (χ1) is 8.92. The largest absolute Gasteiger partial charge is 0.483 e. The zero-order valence-corrected chi connectivity index (χ0v) is 12.4. The molecule has 0 aromatic heterocycles. The number of ether oxygens (including phenoxy) is 2. The van der Waals surface area contributed by atoms with Gasteiger partial charge in [0.2, 0.25) is 11.8 Å². The van der Waals surface area contributed by atoms with Crippen LogP contribution >= 0.6 is 0 Å². The first-order valence-corrected chi connectivity index (χ1v) is 6.47. The molecule has 0 saturated carbocycles. The zero-order valence-electron chi connectivity index (χ0n) is 12.4. The van der Waals surface area contributed by atoms with Crippen LogP contribution in [0.3, 0.4) is 0 Å². The maximum absolute atomic E-state index is 10.1. The molecule has 3 atom stereocenters. The molecule has 0 amide bonds. The monoisotopic (exact) mass is 268 g/mol. The number of methoxy groups -OCH3 is 2. The summed E-state index contributed by atoms with van der Waals surface area (Å²) in [5.41, 5.74) is -0.937. The van der Waals surface area contributed by atoms with Crippen LogP contribution in [0.5, 0.6) is 0 Å². The average molecular weight is 268 g/mol.